The van der Waals surface area contributed by atoms with E-state index < -0.39 is 0 Å². The van der Waals surface area contributed by atoms with Gasteiger partial charge in [-0.25, -0.2) is 0 Å². The van der Waals surface area contributed by atoms with Crippen molar-refractivity contribution < 1.29 is 9.53 Å². The molecule has 1 amide bonds. The van der Waals surface area contributed by atoms with Gasteiger partial charge in [-0.2, -0.15) is 11.8 Å². The minimum absolute atomic E-state index is 0.0769. The molecule has 2 aliphatic rings. The predicted octanol–water partition coefficient (Wildman–Crippen LogP) is 0.476. The number of hydrogen-bond acceptors (Lipinski definition) is 7. The average Bonchev–Trinajstić information content (AvgIpc) is 3.18. The molecule has 3 rings (SSSR count). The second-order valence-corrected chi connectivity index (χ2v) is 6.81. The van der Waals surface area contributed by atoms with Gasteiger partial charge in [0, 0.05) is 36.3 Å². The number of morpholine rings is 1. The molecule has 0 bridgehead atoms. The molecule has 1 aromatic heterocycles. The van der Waals surface area contributed by atoms with Crippen LogP contribution in [0.5, 0.6) is 0 Å². The first-order chi connectivity index (χ1) is 9.80. The Morgan fingerprint density at radius 3 is 3.00 bits per heavy atom. The third kappa shape index (κ3) is 2.98. The van der Waals surface area contributed by atoms with Crippen molar-refractivity contribution in [3.8, 4) is 0 Å². The predicted molar refractivity (Wildman–Crippen MR) is 79.3 cm³/mol. The van der Waals surface area contributed by atoms with Crippen LogP contribution in [-0.4, -0.2) is 70.3 Å². The lowest BCUT2D eigenvalue weighted by Gasteiger charge is -2.42. The number of carbonyl (C=O) groups is 1. The molecule has 0 saturated carbocycles. The Morgan fingerprint density at radius 1 is 1.50 bits per heavy atom. The van der Waals surface area contributed by atoms with Gasteiger partial charge in [-0.15, -0.1) is 5.10 Å². The van der Waals surface area contributed by atoms with Crippen LogP contribution in [-0.2, 0) is 4.74 Å². The van der Waals surface area contributed by atoms with Gasteiger partial charge in [-0.05, 0) is 23.7 Å². The second kappa shape index (κ2) is 6.38. The van der Waals surface area contributed by atoms with E-state index in [1.54, 1.807) is 5.38 Å². The molecule has 3 heterocycles. The number of rotatable bonds is 4. The molecule has 2 saturated heterocycles. The molecular weight excluding hydrogens is 296 g/mol. The fraction of sp³-hybridized carbons (Fsp3) is 0.750. The molecule has 1 atom stereocenters. The second-order valence-electron chi connectivity index (χ2n) is 5.10. The van der Waals surface area contributed by atoms with E-state index >= 15 is 0 Å². The topological polar surface area (TPSA) is 67.4 Å². The Bertz CT molecular complexity index is 442. The zero-order chi connectivity index (χ0) is 13.8. The molecule has 110 valence electrons. The van der Waals surface area contributed by atoms with E-state index in [-0.39, 0.29) is 11.4 Å². The molecule has 0 aromatic carbocycles. The highest BCUT2D eigenvalue weighted by atomic mass is 32.2. The Kier molecular flexibility index (Phi) is 4.54. The van der Waals surface area contributed by atoms with Gasteiger partial charge in [0.05, 0.1) is 13.2 Å². The van der Waals surface area contributed by atoms with Crippen LogP contribution in [0.4, 0.5) is 0 Å². The lowest BCUT2D eigenvalue weighted by atomic mass is 9.95. The number of hydrogen-bond donors (Lipinski definition) is 1. The zero-order valence-electron chi connectivity index (χ0n) is 11.2. The molecule has 0 radical (unpaired) electrons. The maximum atomic E-state index is 12.0. The third-order valence-electron chi connectivity index (χ3n) is 3.94. The molecule has 2 aliphatic heterocycles. The summed E-state index contributed by atoms with van der Waals surface area (Å²) in [5.74, 6) is 2.11. The van der Waals surface area contributed by atoms with Gasteiger partial charge >= 0.3 is 0 Å². The van der Waals surface area contributed by atoms with E-state index in [2.05, 4.69) is 19.8 Å². The van der Waals surface area contributed by atoms with E-state index in [0.717, 1.165) is 44.2 Å². The number of thioether (sulfide) groups is 1. The first-order valence-corrected chi connectivity index (χ1v) is 8.75. The quantitative estimate of drug-likeness (QED) is 0.872. The van der Waals surface area contributed by atoms with Crippen LogP contribution in [0.1, 0.15) is 16.9 Å². The van der Waals surface area contributed by atoms with Crippen molar-refractivity contribution in [1.29, 1.82) is 0 Å². The van der Waals surface area contributed by atoms with Crippen LogP contribution < -0.4 is 5.32 Å². The van der Waals surface area contributed by atoms with Crippen LogP contribution in [0.25, 0.3) is 0 Å². The number of nitrogens with zero attached hydrogens (tertiary/aromatic N) is 3. The van der Waals surface area contributed by atoms with E-state index in [9.17, 15) is 4.79 Å². The summed E-state index contributed by atoms with van der Waals surface area (Å²) in [5.41, 5.74) is 0.492. The first-order valence-electron chi connectivity index (χ1n) is 6.76. The summed E-state index contributed by atoms with van der Waals surface area (Å²) in [7, 11) is 0. The molecule has 0 spiro atoms. The number of nitrogens with one attached hydrogen (secondary N) is 1. The lowest BCUT2D eigenvalue weighted by Crippen LogP contribution is -2.59. The van der Waals surface area contributed by atoms with Crippen LogP contribution >= 0.6 is 23.3 Å². The Balaban J connectivity index is 1.63. The van der Waals surface area contributed by atoms with Crippen molar-refractivity contribution in [2.75, 3.05) is 44.4 Å². The van der Waals surface area contributed by atoms with Gasteiger partial charge in [0.1, 0.15) is 0 Å². The van der Waals surface area contributed by atoms with Crippen molar-refractivity contribution in [2.24, 2.45) is 0 Å². The van der Waals surface area contributed by atoms with E-state index in [0.29, 0.717) is 12.2 Å². The zero-order valence-corrected chi connectivity index (χ0v) is 12.8. The van der Waals surface area contributed by atoms with E-state index in [1.807, 2.05) is 11.8 Å². The molecule has 2 fully saturated rings. The molecule has 1 aromatic rings. The standard InChI is InChI=1S/C12H18N4O2S2/c17-11(10-7-20-15-14-10)13-8-12(1-6-19-9-12)16-2-4-18-5-3-16/h7H,1-6,8-9H2,(H,13,17). The van der Waals surface area contributed by atoms with Crippen LogP contribution in [0.15, 0.2) is 5.38 Å². The maximum absolute atomic E-state index is 12.0. The van der Waals surface area contributed by atoms with E-state index in [4.69, 9.17) is 4.74 Å². The van der Waals surface area contributed by atoms with Gasteiger partial charge in [0.15, 0.2) is 5.69 Å². The van der Waals surface area contributed by atoms with Crippen LogP contribution in [0.2, 0.25) is 0 Å². The number of ether oxygens (including phenoxy) is 1. The van der Waals surface area contributed by atoms with Gasteiger partial charge < -0.3 is 10.1 Å². The lowest BCUT2D eigenvalue weighted by molar-refractivity contribution is -0.0129. The maximum Gasteiger partial charge on any atom is 0.272 e. The fourth-order valence-electron chi connectivity index (χ4n) is 2.73. The summed E-state index contributed by atoms with van der Waals surface area (Å²) in [5, 5.41) is 8.53. The third-order valence-corrected chi connectivity index (χ3v) is 5.67. The number of carbonyl (C=O) groups excluding carboxylic acids is 1. The summed E-state index contributed by atoms with van der Waals surface area (Å²) in [4.78, 5) is 14.5. The van der Waals surface area contributed by atoms with Crippen molar-refractivity contribution in [1.82, 2.24) is 19.8 Å². The summed E-state index contributed by atoms with van der Waals surface area (Å²) in [6.07, 6.45) is 1.12. The normalized spacial score (nSPS) is 27.6. The monoisotopic (exact) mass is 314 g/mol. The SMILES string of the molecule is O=C(NCC1(N2CCOCC2)CCSC1)c1csnn1. The highest BCUT2D eigenvalue weighted by Crippen LogP contribution is 2.33. The molecule has 1 unspecified atom stereocenters. The largest absolute Gasteiger partial charge is 0.379 e. The van der Waals surface area contributed by atoms with Gasteiger partial charge in [0.2, 0.25) is 0 Å². The number of amides is 1. The van der Waals surface area contributed by atoms with Gasteiger partial charge in [0.25, 0.3) is 5.91 Å². The Labute approximate surface area is 126 Å². The fourth-order valence-corrected chi connectivity index (χ4v) is 4.65. The minimum Gasteiger partial charge on any atom is -0.379 e. The van der Waals surface area contributed by atoms with E-state index in [1.165, 1.54) is 11.5 Å². The summed E-state index contributed by atoms with van der Waals surface area (Å²) < 4.78 is 9.17. The Morgan fingerprint density at radius 2 is 2.35 bits per heavy atom. The van der Waals surface area contributed by atoms with Crippen molar-refractivity contribution in [3.05, 3.63) is 11.1 Å². The smallest absolute Gasteiger partial charge is 0.272 e. The molecule has 20 heavy (non-hydrogen) atoms. The summed E-state index contributed by atoms with van der Waals surface area (Å²) in [6, 6.07) is 0. The molecular formula is C12H18N4O2S2. The van der Waals surface area contributed by atoms with Crippen LogP contribution in [0, 0.1) is 0 Å². The highest BCUT2D eigenvalue weighted by Gasteiger charge is 2.40. The molecule has 8 heteroatoms. The minimum atomic E-state index is -0.122. The molecule has 6 nitrogen and oxygen atoms in total. The van der Waals surface area contributed by atoms with Gasteiger partial charge in [-0.3, -0.25) is 9.69 Å². The van der Waals surface area contributed by atoms with Crippen molar-refractivity contribution in [2.45, 2.75) is 12.0 Å². The number of aromatic nitrogens is 2. The first kappa shape index (κ1) is 14.2. The van der Waals surface area contributed by atoms with Crippen molar-refractivity contribution in [3.63, 3.8) is 0 Å². The highest BCUT2D eigenvalue weighted by molar-refractivity contribution is 7.99. The van der Waals surface area contributed by atoms with Crippen LogP contribution in [0.3, 0.4) is 0 Å². The summed E-state index contributed by atoms with van der Waals surface area (Å²) in [6.45, 7) is 4.16. The molecule has 0 aliphatic carbocycles. The average molecular weight is 314 g/mol. The molecule has 1 N–H and O–H groups in total. The van der Waals surface area contributed by atoms with Gasteiger partial charge in [-0.1, -0.05) is 4.49 Å². The van der Waals surface area contributed by atoms with Crippen molar-refractivity contribution >= 4 is 29.2 Å². The Hall–Kier alpha value is -0.700. The summed E-state index contributed by atoms with van der Waals surface area (Å²) >= 11 is 3.16.